The summed E-state index contributed by atoms with van der Waals surface area (Å²) in [6, 6.07) is 5.03. The number of nitrogens with zero attached hydrogens (tertiary/aromatic N) is 1. The molecule has 6 nitrogen and oxygen atoms in total. The van der Waals surface area contributed by atoms with Crippen molar-refractivity contribution < 1.29 is 18.8 Å². The van der Waals surface area contributed by atoms with Crippen molar-refractivity contribution in [2.75, 3.05) is 13.7 Å². The summed E-state index contributed by atoms with van der Waals surface area (Å²) in [5.74, 6) is 1.57. The zero-order valence-electron chi connectivity index (χ0n) is 13.5. The zero-order chi connectivity index (χ0) is 16.8. The molecule has 2 rings (SSSR count). The molecule has 1 heterocycles. The molecule has 0 fully saturated rings. The monoisotopic (exact) mass is 316 g/mol. The summed E-state index contributed by atoms with van der Waals surface area (Å²) in [7, 11) is 1.53. The second-order valence-corrected chi connectivity index (χ2v) is 4.96. The number of amides is 1. The van der Waals surface area contributed by atoms with E-state index in [4.69, 9.17) is 14.0 Å². The highest BCUT2D eigenvalue weighted by Crippen LogP contribution is 2.29. The van der Waals surface area contributed by atoms with Crippen molar-refractivity contribution in [2.24, 2.45) is 0 Å². The number of hydrogen-bond acceptors (Lipinski definition) is 5. The van der Waals surface area contributed by atoms with Gasteiger partial charge in [-0.25, -0.2) is 0 Å². The summed E-state index contributed by atoms with van der Waals surface area (Å²) in [6.45, 7) is 7.99. The van der Waals surface area contributed by atoms with Crippen molar-refractivity contribution >= 4 is 5.91 Å². The van der Waals surface area contributed by atoms with E-state index in [1.165, 1.54) is 7.11 Å². The Morgan fingerprint density at radius 3 is 2.78 bits per heavy atom. The Morgan fingerprint density at radius 2 is 2.17 bits per heavy atom. The number of ether oxygens (including phenoxy) is 2. The highest BCUT2D eigenvalue weighted by Gasteiger charge is 2.13. The number of rotatable bonds is 7. The zero-order valence-corrected chi connectivity index (χ0v) is 13.5. The van der Waals surface area contributed by atoms with E-state index in [-0.39, 0.29) is 5.91 Å². The van der Waals surface area contributed by atoms with Crippen LogP contribution in [0.1, 0.15) is 27.4 Å². The molecule has 0 bridgehead atoms. The van der Waals surface area contributed by atoms with Gasteiger partial charge in [-0.2, -0.15) is 0 Å². The molecule has 0 saturated heterocycles. The fourth-order valence-electron chi connectivity index (χ4n) is 2.05. The Morgan fingerprint density at radius 1 is 1.39 bits per heavy atom. The molecule has 1 aromatic heterocycles. The number of methoxy groups -OCH3 is 1. The van der Waals surface area contributed by atoms with Crippen molar-refractivity contribution in [3.05, 3.63) is 53.4 Å². The average Bonchev–Trinajstić information content (AvgIpc) is 2.88. The van der Waals surface area contributed by atoms with E-state index in [1.807, 2.05) is 13.8 Å². The van der Waals surface area contributed by atoms with Gasteiger partial charge in [-0.15, -0.1) is 6.58 Å². The van der Waals surface area contributed by atoms with Crippen LogP contribution >= 0.6 is 0 Å². The number of nitrogens with one attached hydrogen (secondary N) is 1. The van der Waals surface area contributed by atoms with Crippen molar-refractivity contribution in [1.82, 2.24) is 10.5 Å². The van der Waals surface area contributed by atoms with E-state index < -0.39 is 0 Å². The lowest BCUT2D eigenvalue weighted by atomic mass is 10.2. The lowest BCUT2D eigenvalue weighted by Gasteiger charge is -2.12. The standard InChI is InChI=1S/C17H20N2O4/c1-5-8-18-17(20)13-6-7-15(16(9-13)21-4)22-10-14-11(2)19-23-12(14)3/h5-7,9H,1,8,10H2,2-4H3,(H,18,20). The molecule has 122 valence electrons. The summed E-state index contributed by atoms with van der Waals surface area (Å²) in [5, 5.41) is 6.60. The smallest absolute Gasteiger partial charge is 0.251 e. The molecule has 2 aromatic rings. The summed E-state index contributed by atoms with van der Waals surface area (Å²) in [5.41, 5.74) is 2.19. The summed E-state index contributed by atoms with van der Waals surface area (Å²) < 4.78 is 16.2. The van der Waals surface area contributed by atoms with Gasteiger partial charge in [0.05, 0.1) is 18.4 Å². The molecular formula is C17H20N2O4. The second-order valence-electron chi connectivity index (χ2n) is 4.96. The number of aryl methyl sites for hydroxylation is 2. The topological polar surface area (TPSA) is 73.6 Å². The molecule has 0 aliphatic rings. The minimum Gasteiger partial charge on any atom is -0.493 e. The van der Waals surface area contributed by atoms with Gasteiger partial charge >= 0.3 is 0 Å². The van der Waals surface area contributed by atoms with Crippen LogP contribution in [0.4, 0.5) is 0 Å². The molecule has 0 spiro atoms. The fourth-order valence-corrected chi connectivity index (χ4v) is 2.05. The normalized spacial score (nSPS) is 10.2. The minimum absolute atomic E-state index is 0.194. The van der Waals surface area contributed by atoms with Crippen LogP contribution in [0.3, 0.4) is 0 Å². The van der Waals surface area contributed by atoms with E-state index in [9.17, 15) is 4.79 Å². The quantitative estimate of drug-likeness (QED) is 0.795. The van der Waals surface area contributed by atoms with E-state index in [2.05, 4.69) is 17.1 Å². The third-order valence-corrected chi connectivity index (χ3v) is 3.39. The van der Waals surface area contributed by atoms with Gasteiger partial charge in [-0.05, 0) is 32.0 Å². The molecule has 0 saturated carbocycles. The van der Waals surface area contributed by atoms with Crippen molar-refractivity contribution in [3.8, 4) is 11.5 Å². The maximum Gasteiger partial charge on any atom is 0.251 e. The van der Waals surface area contributed by atoms with E-state index in [0.717, 1.165) is 17.0 Å². The van der Waals surface area contributed by atoms with Crippen LogP contribution in [0.2, 0.25) is 0 Å². The molecule has 23 heavy (non-hydrogen) atoms. The molecule has 1 aromatic carbocycles. The molecule has 0 aliphatic carbocycles. The third kappa shape index (κ3) is 3.91. The second kappa shape index (κ2) is 7.49. The molecule has 0 aliphatic heterocycles. The Kier molecular flexibility index (Phi) is 5.41. The Labute approximate surface area is 135 Å². The third-order valence-electron chi connectivity index (χ3n) is 3.39. The van der Waals surface area contributed by atoms with Crippen LogP contribution < -0.4 is 14.8 Å². The van der Waals surface area contributed by atoms with Gasteiger partial charge in [0.15, 0.2) is 11.5 Å². The number of carbonyl (C=O) groups excluding carboxylic acids is 1. The average molecular weight is 316 g/mol. The van der Waals surface area contributed by atoms with Crippen molar-refractivity contribution in [3.63, 3.8) is 0 Å². The SMILES string of the molecule is C=CCNC(=O)c1ccc(OCc2c(C)noc2C)c(OC)c1. The van der Waals surface area contributed by atoms with E-state index in [1.54, 1.807) is 24.3 Å². The first-order chi connectivity index (χ1) is 11.1. The van der Waals surface area contributed by atoms with Crippen LogP contribution in [0.25, 0.3) is 0 Å². The number of aromatic nitrogens is 1. The molecular weight excluding hydrogens is 296 g/mol. The lowest BCUT2D eigenvalue weighted by Crippen LogP contribution is -2.23. The van der Waals surface area contributed by atoms with Crippen LogP contribution in [0.5, 0.6) is 11.5 Å². The summed E-state index contributed by atoms with van der Waals surface area (Å²) in [6.07, 6.45) is 1.62. The summed E-state index contributed by atoms with van der Waals surface area (Å²) >= 11 is 0. The van der Waals surface area contributed by atoms with Gasteiger partial charge < -0.3 is 19.3 Å². The van der Waals surface area contributed by atoms with Gasteiger partial charge in [0.25, 0.3) is 5.91 Å². The number of benzene rings is 1. The first-order valence-electron chi connectivity index (χ1n) is 7.18. The van der Waals surface area contributed by atoms with Crippen LogP contribution in [-0.2, 0) is 6.61 Å². The fraction of sp³-hybridized carbons (Fsp3) is 0.294. The molecule has 1 N–H and O–H groups in total. The Bertz CT molecular complexity index is 687. The first-order valence-corrected chi connectivity index (χ1v) is 7.18. The lowest BCUT2D eigenvalue weighted by molar-refractivity contribution is 0.0957. The molecule has 0 radical (unpaired) electrons. The Balaban J connectivity index is 2.13. The highest BCUT2D eigenvalue weighted by molar-refractivity contribution is 5.94. The largest absolute Gasteiger partial charge is 0.493 e. The number of hydrogen-bond donors (Lipinski definition) is 1. The molecule has 0 unspecified atom stereocenters. The highest BCUT2D eigenvalue weighted by atomic mass is 16.5. The van der Waals surface area contributed by atoms with E-state index in [0.29, 0.717) is 30.2 Å². The van der Waals surface area contributed by atoms with Gasteiger partial charge in [-0.3, -0.25) is 4.79 Å². The maximum atomic E-state index is 11.9. The van der Waals surface area contributed by atoms with Crippen molar-refractivity contribution in [1.29, 1.82) is 0 Å². The Hall–Kier alpha value is -2.76. The minimum atomic E-state index is -0.194. The van der Waals surface area contributed by atoms with Gasteiger partial charge in [0.1, 0.15) is 12.4 Å². The van der Waals surface area contributed by atoms with Gasteiger partial charge in [0, 0.05) is 12.1 Å². The van der Waals surface area contributed by atoms with E-state index >= 15 is 0 Å². The van der Waals surface area contributed by atoms with Crippen LogP contribution in [0, 0.1) is 13.8 Å². The number of carbonyl (C=O) groups is 1. The van der Waals surface area contributed by atoms with Gasteiger partial charge in [-0.1, -0.05) is 11.2 Å². The van der Waals surface area contributed by atoms with Crippen molar-refractivity contribution in [2.45, 2.75) is 20.5 Å². The molecule has 0 atom stereocenters. The summed E-state index contributed by atoms with van der Waals surface area (Å²) in [4.78, 5) is 11.9. The molecule has 6 heteroatoms. The first kappa shape index (κ1) is 16.6. The molecule has 1 amide bonds. The van der Waals surface area contributed by atoms with Crippen LogP contribution in [0.15, 0.2) is 35.4 Å². The predicted molar refractivity (Wildman–Crippen MR) is 85.8 cm³/mol. The predicted octanol–water partition coefficient (Wildman–Crippen LogP) is 2.79. The maximum absolute atomic E-state index is 11.9. The van der Waals surface area contributed by atoms with Crippen LogP contribution in [-0.4, -0.2) is 24.7 Å². The van der Waals surface area contributed by atoms with Gasteiger partial charge in [0.2, 0.25) is 0 Å².